The summed E-state index contributed by atoms with van der Waals surface area (Å²) in [6.45, 7) is 2.56. The van der Waals surface area contributed by atoms with Crippen molar-refractivity contribution in [1.29, 1.82) is 0 Å². The Morgan fingerprint density at radius 1 is 1.24 bits per heavy atom. The number of carbonyl (C=O) groups excluding carboxylic acids is 1. The number of rotatable bonds is 3. The summed E-state index contributed by atoms with van der Waals surface area (Å²) in [5.41, 5.74) is 3.39. The summed E-state index contributed by atoms with van der Waals surface area (Å²) in [4.78, 5) is 14.5. The van der Waals surface area contributed by atoms with Crippen LogP contribution in [-0.2, 0) is 11.2 Å². The minimum Gasteiger partial charge on any atom is -0.359 e. The highest BCUT2D eigenvalue weighted by molar-refractivity contribution is 14.1. The first-order chi connectivity index (χ1) is 10.1. The third kappa shape index (κ3) is 3.05. The number of amides is 1. The molecule has 1 unspecified atom stereocenters. The standard InChI is InChI=1S/C17H17IN2O/c1-12-10-13-6-2-5-9-16(13)20(12)11-17(21)19-15-8-4-3-7-14(15)18/h2-9,12H,10-11H2,1H3,(H,19,21). The molecule has 21 heavy (non-hydrogen) atoms. The molecule has 1 heterocycles. The summed E-state index contributed by atoms with van der Waals surface area (Å²) in [6.07, 6.45) is 1.01. The summed E-state index contributed by atoms with van der Waals surface area (Å²) in [7, 11) is 0. The molecule has 1 aliphatic heterocycles. The Hall–Kier alpha value is -1.56. The van der Waals surface area contributed by atoms with Gasteiger partial charge in [-0.1, -0.05) is 30.3 Å². The lowest BCUT2D eigenvalue weighted by molar-refractivity contribution is -0.115. The molecule has 108 valence electrons. The van der Waals surface area contributed by atoms with Crippen LogP contribution >= 0.6 is 22.6 Å². The van der Waals surface area contributed by atoms with Gasteiger partial charge in [-0.15, -0.1) is 0 Å². The number of carbonyl (C=O) groups is 1. The van der Waals surface area contributed by atoms with Gasteiger partial charge in [0.2, 0.25) is 5.91 Å². The minimum atomic E-state index is 0.0302. The molecule has 1 aliphatic rings. The van der Waals surface area contributed by atoms with Crippen LogP contribution in [0.4, 0.5) is 11.4 Å². The lowest BCUT2D eigenvalue weighted by Gasteiger charge is -2.24. The summed E-state index contributed by atoms with van der Waals surface area (Å²) in [6, 6.07) is 16.5. The van der Waals surface area contributed by atoms with Crippen LogP contribution < -0.4 is 10.2 Å². The van der Waals surface area contributed by atoms with Crippen molar-refractivity contribution in [3.8, 4) is 0 Å². The van der Waals surface area contributed by atoms with E-state index in [1.165, 1.54) is 11.3 Å². The molecule has 3 nitrogen and oxygen atoms in total. The molecule has 0 fully saturated rings. The van der Waals surface area contributed by atoms with Crippen molar-refractivity contribution < 1.29 is 4.79 Å². The van der Waals surface area contributed by atoms with Crippen molar-refractivity contribution in [3.05, 3.63) is 57.7 Å². The molecule has 2 aromatic rings. The van der Waals surface area contributed by atoms with E-state index >= 15 is 0 Å². The van der Waals surface area contributed by atoms with Crippen LogP contribution in [0.15, 0.2) is 48.5 Å². The lowest BCUT2D eigenvalue weighted by atomic mass is 10.1. The maximum Gasteiger partial charge on any atom is 0.243 e. The summed E-state index contributed by atoms with van der Waals surface area (Å²) in [5.74, 6) is 0.0302. The molecule has 4 heteroatoms. The highest BCUT2D eigenvalue weighted by Gasteiger charge is 2.27. The second-order valence-corrected chi connectivity index (χ2v) is 6.50. The fourth-order valence-corrected chi connectivity index (χ4v) is 3.30. The first-order valence-electron chi connectivity index (χ1n) is 7.04. The molecular formula is C17H17IN2O. The summed E-state index contributed by atoms with van der Waals surface area (Å²) < 4.78 is 1.05. The van der Waals surface area contributed by atoms with E-state index in [1.54, 1.807) is 0 Å². The number of nitrogens with one attached hydrogen (secondary N) is 1. The van der Waals surface area contributed by atoms with E-state index in [0.717, 1.165) is 15.7 Å². The fraction of sp³-hybridized carbons (Fsp3) is 0.235. The predicted molar refractivity (Wildman–Crippen MR) is 94.7 cm³/mol. The molecule has 0 aliphatic carbocycles. The van der Waals surface area contributed by atoms with Gasteiger partial charge in [0.15, 0.2) is 0 Å². The number of fused-ring (bicyclic) bond motifs is 1. The molecule has 0 saturated heterocycles. The molecule has 0 aromatic heterocycles. The molecule has 1 amide bonds. The zero-order valence-electron chi connectivity index (χ0n) is 11.8. The van der Waals surface area contributed by atoms with E-state index in [9.17, 15) is 4.79 Å². The highest BCUT2D eigenvalue weighted by Crippen LogP contribution is 2.31. The number of benzene rings is 2. The van der Waals surface area contributed by atoms with Gasteiger partial charge in [0.1, 0.15) is 0 Å². The maximum atomic E-state index is 12.3. The largest absolute Gasteiger partial charge is 0.359 e. The van der Waals surface area contributed by atoms with Crippen LogP contribution in [0.25, 0.3) is 0 Å². The van der Waals surface area contributed by atoms with E-state index in [0.29, 0.717) is 12.6 Å². The van der Waals surface area contributed by atoms with Crippen LogP contribution in [0.2, 0.25) is 0 Å². The molecule has 0 spiro atoms. The predicted octanol–water partition coefficient (Wildman–Crippen LogP) is 3.68. The zero-order valence-corrected chi connectivity index (χ0v) is 14.0. The Balaban J connectivity index is 1.72. The van der Waals surface area contributed by atoms with Crippen molar-refractivity contribution in [3.63, 3.8) is 0 Å². The lowest BCUT2D eigenvalue weighted by Crippen LogP contribution is -2.37. The first-order valence-corrected chi connectivity index (χ1v) is 8.12. The van der Waals surface area contributed by atoms with Crippen LogP contribution in [-0.4, -0.2) is 18.5 Å². The normalized spacial score (nSPS) is 16.7. The van der Waals surface area contributed by atoms with Gasteiger partial charge in [-0.05, 0) is 59.7 Å². The van der Waals surface area contributed by atoms with E-state index in [1.807, 2.05) is 30.3 Å². The molecule has 0 saturated carbocycles. The van der Waals surface area contributed by atoms with E-state index in [2.05, 4.69) is 57.9 Å². The third-order valence-electron chi connectivity index (χ3n) is 3.81. The first kappa shape index (κ1) is 14.4. The average Bonchev–Trinajstić information content (AvgIpc) is 2.78. The number of anilines is 2. The van der Waals surface area contributed by atoms with Gasteiger partial charge >= 0.3 is 0 Å². The van der Waals surface area contributed by atoms with Crippen LogP contribution in [0, 0.1) is 3.57 Å². The second kappa shape index (κ2) is 6.05. The minimum absolute atomic E-state index is 0.0302. The van der Waals surface area contributed by atoms with Crippen molar-refractivity contribution in [2.75, 3.05) is 16.8 Å². The van der Waals surface area contributed by atoms with E-state index in [4.69, 9.17) is 0 Å². The Morgan fingerprint density at radius 3 is 2.76 bits per heavy atom. The molecule has 0 bridgehead atoms. The molecule has 2 aromatic carbocycles. The van der Waals surface area contributed by atoms with Crippen molar-refractivity contribution in [2.24, 2.45) is 0 Å². The van der Waals surface area contributed by atoms with Crippen LogP contribution in [0.1, 0.15) is 12.5 Å². The SMILES string of the molecule is CC1Cc2ccccc2N1CC(=O)Nc1ccccc1I. The quantitative estimate of drug-likeness (QED) is 0.809. The highest BCUT2D eigenvalue weighted by atomic mass is 127. The van der Waals surface area contributed by atoms with E-state index < -0.39 is 0 Å². The summed E-state index contributed by atoms with van der Waals surface area (Å²) >= 11 is 2.23. The van der Waals surface area contributed by atoms with Gasteiger partial charge in [-0.25, -0.2) is 0 Å². The van der Waals surface area contributed by atoms with Gasteiger partial charge in [-0.2, -0.15) is 0 Å². The average molecular weight is 392 g/mol. The zero-order chi connectivity index (χ0) is 14.8. The van der Waals surface area contributed by atoms with Crippen LogP contribution in [0.5, 0.6) is 0 Å². The van der Waals surface area contributed by atoms with Gasteiger partial charge in [-0.3, -0.25) is 4.79 Å². The van der Waals surface area contributed by atoms with E-state index in [-0.39, 0.29) is 5.91 Å². The van der Waals surface area contributed by atoms with Gasteiger partial charge in [0, 0.05) is 15.3 Å². The molecule has 1 N–H and O–H groups in total. The number of para-hydroxylation sites is 2. The Morgan fingerprint density at radius 2 is 1.95 bits per heavy atom. The second-order valence-electron chi connectivity index (χ2n) is 5.34. The maximum absolute atomic E-state index is 12.3. The van der Waals surface area contributed by atoms with Gasteiger partial charge in [0.05, 0.1) is 12.2 Å². The topological polar surface area (TPSA) is 32.3 Å². The number of hydrogen-bond donors (Lipinski definition) is 1. The number of nitrogens with zero attached hydrogens (tertiary/aromatic N) is 1. The Labute approximate surface area is 138 Å². The van der Waals surface area contributed by atoms with Gasteiger partial charge in [0.25, 0.3) is 0 Å². The molecule has 3 rings (SSSR count). The number of hydrogen-bond acceptors (Lipinski definition) is 2. The Bertz CT molecular complexity index is 671. The number of halogens is 1. The van der Waals surface area contributed by atoms with Crippen molar-refractivity contribution >= 4 is 39.9 Å². The smallest absolute Gasteiger partial charge is 0.243 e. The third-order valence-corrected chi connectivity index (χ3v) is 4.75. The monoisotopic (exact) mass is 392 g/mol. The molecule has 0 radical (unpaired) electrons. The van der Waals surface area contributed by atoms with Crippen LogP contribution in [0.3, 0.4) is 0 Å². The van der Waals surface area contributed by atoms with Crippen molar-refractivity contribution in [1.82, 2.24) is 0 Å². The molecular weight excluding hydrogens is 375 g/mol. The molecule has 1 atom stereocenters. The van der Waals surface area contributed by atoms with Crippen molar-refractivity contribution in [2.45, 2.75) is 19.4 Å². The summed E-state index contributed by atoms with van der Waals surface area (Å²) in [5, 5.41) is 3.00. The van der Waals surface area contributed by atoms with Gasteiger partial charge < -0.3 is 10.2 Å². The Kier molecular flexibility index (Phi) is 4.14. The fourth-order valence-electron chi connectivity index (χ4n) is 2.78.